The summed E-state index contributed by atoms with van der Waals surface area (Å²) in [5, 5.41) is 3.40. The van der Waals surface area contributed by atoms with Gasteiger partial charge in [0, 0.05) is 6.54 Å². The standard InChI is InChI=1S/C12H17NO3.ClH/c1-14-11-4-3-9(7-12(11)15-2)10-8-16-6-5-13-10;/h3-4,7,10,13H,5-6,8H2,1-2H3;1H/t10-;/m1./s1. The van der Waals surface area contributed by atoms with Crippen molar-refractivity contribution in [3.05, 3.63) is 23.8 Å². The zero-order valence-corrected chi connectivity index (χ0v) is 10.9. The van der Waals surface area contributed by atoms with E-state index < -0.39 is 0 Å². The number of nitrogens with one attached hydrogen (secondary N) is 1. The van der Waals surface area contributed by atoms with Gasteiger partial charge in [-0.05, 0) is 17.7 Å². The normalized spacial score (nSPS) is 19.3. The van der Waals surface area contributed by atoms with Crippen LogP contribution in [-0.2, 0) is 4.74 Å². The number of rotatable bonds is 3. The molecule has 0 bridgehead atoms. The number of ether oxygens (including phenoxy) is 3. The lowest BCUT2D eigenvalue weighted by molar-refractivity contribution is 0.0768. The average molecular weight is 260 g/mol. The van der Waals surface area contributed by atoms with Gasteiger partial charge < -0.3 is 19.5 Å². The molecule has 1 aromatic rings. The molecule has 1 heterocycles. The molecule has 0 spiro atoms. The lowest BCUT2D eigenvalue weighted by atomic mass is 10.1. The Bertz CT molecular complexity index is 354. The molecule has 1 N–H and O–H groups in total. The molecule has 5 heteroatoms. The third-order valence-corrected chi connectivity index (χ3v) is 2.73. The van der Waals surface area contributed by atoms with Crippen LogP contribution in [0.4, 0.5) is 0 Å². The van der Waals surface area contributed by atoms with Crippen LogP contribution in [0.3, 0.4) is 0 Å². The third kappa shape index (κ3) is 3.25. The molecular formula is C12H18ClNO3. The molecule has 4 nitrogen and oxygen atoms in total. The van der Waals surface area contributed by atoms with Crippen LogP contribution in [0.1, 0.15) is 11.6 Å². The molecule has 0 radical (unpaired) electrons. The van der Waals surface area contributed by atoms with Gasteiger partial charge in [0.1, 0.15) is 0 Å². The monoisotopic (exact) mass is 259 g/mol. The molecule has 1 atom stereocenters. The maximum Gasteiger partial charge on any atom is 0.161 e. The molecule has 1 aliphatic rings. The van der Waals surface area contributed by atoms with Crippen LogP contribution in [0.25, 0.3) is 0 Å². The molecule has 1 fully saturated rings. The number of morpholine rings is 1. The molecule has 0 aliphatic carbocycles. The molecule has 0 unspecified atom stereocenters. The smallest absolute Gasteiger partial charge is 0.161 e. The van der Waals surface area contributed by atoms with Crippen LogP contribution in [0.5, 0.6) is 11.5 Å². The Labute approximate surface area is 108 Å². The van der Waals surface area contributed by atoms with Gasteiger partial charge >= 0.3 is 0 Å². The van der Waals surface area contributed by atoms with E-state index in [1.807, 2.05) is 18.2 Å². The van der Waals surface area contributed by atoms with E-state index in [0.29, 0.717) is 6.61 Å². The topological polar surface area (TPSA) is 39.7 Å². The van der Waals surface area contributed by atoms with Crippen molar-refractivity contribution >= 4 is 12.4 Å². The summed E-state index contributed by atoms with van der Waals surface area (Å²) >= 11 is 0. The summed E-state index contributed by atoms with van der Waals surface area (Å²) in [5.74, 6) is 1.51. The third-order valence-electron chi connectivity index (χ3n) is 2.73. The van der Waals surface area contributed by atoms with E-state index in [1.165, 1.54) is 0 Å². The summed E-state index contributed by atoms with van der Waals surface area (Å²) in [7, 11) is 3.28. The highest BCUT2D eigenvalue weighted by Gasteiger charge is 2.16. The second kappa shape index (κ2) is 6.69. The minimum Gasteiger partial charge on any atom is -0.493 e. The van der Waals surface area contributed by atoms with Gasteiger partial charge in [0.25, 0.3) is 0 Å². The lowest BCUT2D eigenvalue weighted by Crippen LogP contribution is -2.34. The van der Waals surface area contributed by atoms with Crippen molar-refractivity contribution in [1.82, 2.24) is 5.32 Å². The second-order valence-corrected chi connectivity index (χ2v) is 3.70. The molecule has 0 saturated carbocycles. The van der Waals surface area contributed by atoms with Gasteiger partial charge in [-0.2, -0.15) is 0 Å². The highest BCUT2D eigenvalue weighted by atomic mass is 35.5. The Balaban J connectivity index is 0.00000144. The molecule has 17 heavy (non-hydrogen) atoms. The molecule has 96 valence electrons. The highest BCUT2D eigenvalue weighted by Crippen LogP contribution is 2.30. The quantitative estimate of drug-likeness (QED) is 0.898. The first-order valence-corrected chi connectivity index (χ1v) is 5.38. The van der Waals surface area contributed by atoms with Gasteiger partial charge in [-0.15, -0.1) is 12.4 Å². The first kappa shape index (κ1) is 14.1. The zero-order valence-electron chi connectivity index (χ0n) is 10.1. The Morgan fingerprint density at radius 2 is 2.00 bits per heavy atom. The van der Waals surface area contributed by atoms with Gasteiger partial charge in [-0.1, -0.05) is 6.07 Å². The van der Waals surface area contributed by atoms with Gasteiger partial charge in [0.05, 0.1) is 33.5 Å². The van der Waals surface area contributed by atoms with E-state index in [1.54, 1.807) is 14.2 Å². The first-order chi connectivity index (χ1) is 7.85. The van der Waals surface area contributed by atoms with Gasteiger partial charge in [0.2, 0.25) is 0 Å². The fourth-order valence-electron chi connectivity index (χ4n) is 1.85. The number of halogens is 1. The van der Waals surface area contributed by atoms with E-state index in [9.17, 15) is 0 Å². The summed E-state index contributed by atoms with van der Waals surface area (Å²) in [6.45, 7) is 2.37. The molecule has 0 aromatic heterocycles. The first-order valence-electron chi connectivity index (χ1n) is 5.38. The minimum atomic E-state index is 0. The van der Waals surface area contributed by atoms with Crippen molar-refractivity contribution in [1.29, 1.82) is 0 Å². The lowest BCUT2D eigenvalue weighted by Gasteiger charge is -2.24. The van der Waals surface area contributed by atoms with Gasteiger partial charge in [0.15, 0.2) is 11.5 Å². The number of hydrogen-bond donors (Lipinski definition) is 1. The molecular weight excluding hydrogens is 242 g/mol. The second-order valence-electron chi connectivity index (χ2n) is 3.70. The SMILES string of the molecule is COc1ccc([C@H]2COCCN2)cc1OC.Cl. The molecule has 0 amide bonds. The van der Waals surface area contributed by atoms with Crippen molar-refractivity contribution in [2.45, 2.75) is 6.04 Å². The average Bonchev–Trinajstić information content (AvgIpc) is 2.39. The van der Waals surface area contributed by atoms with E-state index in [4.69, 9.17) is 14.2 Å². The summed E-state index contributed by atoms with van der Waals surface area (Å²) < 4.78 is 15.9. The van der Waals surface area contributed by atoms with E-state index >= 15 is 0 Å². The van der Waals surface area contributed by atoms with Crippen molar-refractivity contribution in [2.24, 2.45) is 0 Å². The number of methoxy groups -OCH3 is 2. The Morgan fingerprint density at radius 3 is 2.59 bits per heavy atom. The zero-order chi connectivity index (χ0) is 11.4. The maximum absolute atomic E-state index is 5.43. The van der Waals surface area contributed by atoms with Gasteiger partial charge in [-0.3, -0.25) is 0 Å². The number of hydrogen-bond acceptors (Lipinski definition) is 4. The molecule has 1 aliphatic heterocycles. The van der Waals surface area contributed by atoms with E-state index in [0.717, 1.165) is 30.2 Å². The van der Waals surface area contributed by atoms with E-state index in [2.05, 4.69) is 5.32 Å². The van der Waals surface area contributed by atoms with Crippen LogP contribution in [-0.4, -0.2) is 34.0 Å². The fraction of sp³-hybridized carbons (Fsp3) is 0.500. The van der Waals surface area contributed by atoms with Crippen LogP contribution in [0.2, 0.25) is 0 Å². The summed E-state index contributed by atoms with van der Waals surface area (Å²) in [6.07, 6.45) is 0. The van der Waals surface area contributed by atoms with Crippen LogP contribution < -0.4 is 14.8 Å². The van der Waals surface area contributed by atoms with Gasteiger partial charge in [-0.25, -0.2) is 0 Å². The van der Waals surface area contributed by atoms with Crippen LogP contribution in [0, 0.1) is 0 Å². The molecule has 1 aromatic carbocycles. The largest absolute Gasteiger partial charge is 0.493 e. The van der Waals surface area contributed by atoms with Crippen molar-refractivity contribution in [3.63, 3.8) is 0 Å². The maximum atomic E-state index is 5.43. The fourth-order valence-corrected chi connectivity index (χ4v) is 1.85. The number of benzene rings is 1. The van der Waals surface area contributed by atoms with Crippen LogP contribution in [0.15, 0.2) is 18.2 Å². The summed E-state index contributed by atoms with van der Waals surface area (Å²) in [6, 6.07) is 6.19. The van der Waals surface area contributed by atoms with Crippen molar-refractivity contribution < 1.29 is 14.2 Å². The predicted molar refractivity (Wildman–Crippen MR) is 68.4 cm³/mol. The van der Waals surface area contributed by atoms with Crippen molar-refractivity contribution in [2.75, 3.05) is 34.0 Å². The summed E-state index contributed by atoms with van der Waals surface area (Å²) in [5.41, 5.74) is 1.16. The Hall–Kier alpha value is -0.970. The molecule has 1 saturated heterocycles. The highest BCUT2D eigenvalue weighted by molar-refractivity contribution is 5.85. The Kier molecular flexibility index (Phi) is 5.55. The predicted octanol–water partition coefficient (Wildman–Crippen LogP) is 1.79. The van der Waals surface area contributed by atoms with Crippen molar-refractivity contribution in [3.8, 4) is 11.5 Å². The van der Waals surface area contributed by atoms with E-state index in [-0.39, 0.29) is 18.4 Å². The summed E-state index contributed by atoms with van der Waals surface area (Å²) in [4.78, 5) is 0. The van der Waals surface area contributed by atoms with Crippen LogP contribution >= 0.6 is 12.4 Å². The minimum absolute atomic E-state index is 0. The molecule has 2 rings (SSSR count). The Morgan fingerprint density at radius 1 is 1.24 bits per heavy atom.